The van der Waals surface area contributed by atoms with Crippen LogP contribution in [0.15, 0.2) is 12.7 Å². The van der Waals surface area contributed by atoms with E-state index in [4.69, 9.17) is 4.74 Å². The van der Waals surface area contributed by atoms with Crippen LogP contribution >= 0.6 is 0 Å². The minimum Gasteiger partial charge on any atom is -0.378 e. The first-order valence-electron chi connectivity index (χ1n) is 3.51. The Morgan fingerprint density at radius 2 is 2.30 bits per heavy atom. The maximum Gasteiger partial charge on any atom is 0.122 e. The van der Waals surface area contributed by atoms with Gasteiger partial charge in [-0.25, -0.2) is 0 Å². The van der Waals surface area contributed by atoms with Crippen molar-refractivity contribution in [1.82, 2.24) is 0 Å². The molecule has 0 radical (unpaired) electrons. The zero-order valence-electron chi connectivity index (χ0n) is 6.38. The van der Waals surface area contributed by atoms with Gasteiger partial charge >= 0.3 is 0 Å². The lowest BCUT2D eigenvalue weighted by Gasteiger charge is -2.10. The lowest BCUT2D eigenvalue weighted by Crippen LogP contribution is -2.11. The molecule has 58 valence electrons. The van der Waals surface area contributed by atoms with Crippen LogP contribution in [-0.4, -0.2) is 19.0 Å². The van der Waals surface area contributed by atoms with Crippen molar-refractivity contribution in [3.8, 4) is 0 Å². The van der Waals surface area contributed by atoms with Gasteiger partial charge in [0, 0.05) is 13.0 Å². The second-order valence-electron chi connectivity index (χ2n) is 2.00. The van der Waals surface area contributed by atoms with E-state index < -0.39 is 0 Å². The zero-order chi connectivity index (χ0) is 7.82. The van der Waals surface area contributed by atoms with E-state index >= 15 is 0 Å². The van der Waals surface area contributed by atoms with Gasteiger partial charge in [-0.15, -0.1) is 6.58 Å². The third kappa shape index (κ3) is 4.27. The van der Waals surface area contributed by atoms with Crippen LogP contribution in [0.5, 0.6) is 0 Å². The molecule has 2 heteroatoms. The molecule has 0 spiro atoms. The Balaban J connectivity index is 3.48. The first-order chi connectivity index (χ1) is 4.85. The predicted molar refractivity (Wildman–Crippen MR) is 40.9 cm³/mol. The number of aldehydes is 1. The molecule has 10 heavy (non-hydrogen) atoms. The Hall–Kier alpha value is -0.630. The first kappa shape index (κ1) is 9.37. The minimum atomic E-state index is 0.0417. The van der Waals surface area contributed by atoms with Gasteiger partial charge in [-0.2, -0.15) is 0 Å². The summed E-state index contributed by atoms with van der Waals surface area (Å²) in [6.45, 7) is 6.15. The molecule has 0 amide bonds. The van der Waals surface area contributed by atoms with Crippen LogP contribution in [-0.2, 0) is 9.53 Å². The molecular weight excluding hydrogens is 128 g/mol. The van der Waals surface area contributed by atoms with Crippen LogP contribution in [0.2, 0.25) is 0 Å². The normalized spacial score (nSPS) is 12.5. The molecule has 0 saturated carbocycles. The fourth-order valence-electron chi connectivity index (χ4n) is 0.761. The maximum absolute atomic E-state index is 10.1. The Kier molecular flexibility index (Phi) is 6.08. The Bertz CT molecular complexity index is 89.4. The molecule has 1 atom stereocenters. The van der Waals surface area contributed by atoms with Crippen molar-refractivity contribution in [3.63, 3.8) is 0 Å². The number of hydrogen-bond donors (Lipinski definition) is 0. The van der Waals surface area contributed by atoms with Gasteiger partial charge in [-0.05, 0) is 13.3 Å². The van der Waals surface area contributed by atoms with Gasteiger partial charge in [0.15, 0.2) is 0 Å². The molecular formula is C8H14O2. The molecule has 0 N–H and O–H groups in total. The van der Waals surface area contributed by atoms with Crippen LogP contribution in [0.3, 0.4) is 0 Å². The molecule has 0 aromatic carbocycles. The average molecular weight is 142 g/mol. The fraction of sp³-hybridized carbons (Fsp3) is 0.625. The number of rotatable bonds is 6. The first-order valence-corrected chi connectivity index (χ1v) is 3.51. The van der Waals surface area contributed by atoms with E-state index in [1.165, 1.54) is 0 Å². The molecule has 0 rings (SSSR count). The van der Waals surface area contributed by atoms with Crippen molar-refractivity contribution in [2.24, 2.45) is 0 Å². The van der Waals surface area contributed by atoms with Gasteiger partial charge in [0.2, 0.25) is 0 Å². The summed E-state index contributed by atoms with van der Waals surface area (Å²) in [7, 11) is 0. The van der Waals surface area contributed by atoms with E-state index in [1.54, 1.807) is 6.08 Å². The molecule has 0 aliphatic rings. The quantitative estimate of drug-likeness (QED) is 0.415. The Morgan fingerprint density at radius 3 is 2.70 bits per heavy atom. The largest absolute Gasteiger partial charge is 0.378 e. The molecule has 2 nitrogen and oxygen atoms in total. The standard InChI is InChI=1S/C8H14O2/c1-3-5-8(6-7-9)10-4-2/h3,7-8H,1,4-6H2,2H3/t8-/m0/s1. The Labute approximate surface area is 61.9 Å². The van der Waals surface area contributed by atoms with Crippen molar-refractivity contribution < 1.29 is 9.53 Å². The molecule has 0 bridgehead atoms. The highest BCUT2D eigenvalue weighted by molar-refractivity contribution is 5.50. The number of carbonyl (C=O) groups is 1. The molecule has 0 aromatic rings. The van der Waals surface area contributed by atoms with Crippen molar-refractivity contribution >= 4 is 6.29 Å². The zero-order valence-corrected chi connectivity index (χ0v) is 6.38. The summed E-state index contributed by atoms with van der Waals surface area (Å²) in [5, 5.41) is 0. The molecule has 0 heterocycles. The van der Waals surface area contributed by atoms with Gasteiger partial charge in [-0.1, -0.05) is 6.08 Å². The van der Waals surface area contributed by atoms with E-state index in [9.17, 15) is 4.79 Å². The fourth-order valence-corrected chi connectivity index (χ4v) is 0.761. The summed E-state index contributed by atoms with van der Waals surface area (Å²) in [5.41, 5.74) is 0. The summed E-state index contributed by atoms with van der Waals surface area (Å²) in [6.07, 6.45) is 3.92. The second kappa shape index (κ2) is 6.49. The van der Waals surface area contributed by atoms with Crippen molar-refractivity contribution in [3.05, 3.63) is 12.7 Å². The minimum absolute atomic E-state index is 0.0417. The third-order valence-electron chi connectivity index (χ3n) is 1.19. The topological polar surface area (TPSA) is 26.3 Å². The second-order valence-corrected chi connectivity index (χ2v) is 2.00. The van der Waals surface area contributed by atoms with Gasteiger partial charge in [0.05, 0.1) is 6.10 Å². The van der Waals surface area contributed by atoms with Gasteiger partial charge in [0.1, 0.15) is 6.29 Å². The van der Waals surface area contributed by atoms with E-state index in [-0.39, 0.29) is 6.10 Å². The highest BCUT2D eigenvalue weighted by atomic mass is 16.5. The number of carbonyl (C=O) groups excluding carboxylic acids is 1. The molecule has 0 aliphatic heterocycles. The lowest BCUT2D eigenvalue weighted by molar-refractivity contribution is -0.110. The molecule has 0 unspecified atom stereocenters. The van der Waals surface area contributed by atoms with E-state index in [2.05, 4.69) is 6.58 Å². The van der Waals surface area contributed by atoms with E-state index in [1.807, 2.05) is 6.92 Å². The van der Waals surface area contributed by atoms with Crippen molar-refractivity contribution in [1.29, 1.82) is 0 Å². The molecule has 0 aromatic heterocycles. The monoisotopic (exact) mass is 142 g/mol. The average Bonchev–Trinajstić information content (AvgIpc) is 1.90. The van der Waals surface area contributed by atoms with Crippen LogP contribution in [0.25, 0.3) is 0 Å². The summed E-state index contributed by atoms with van der Waals surface area (Å²) in [4.78, 5) is 10.1. The number of hydrogen-bond acceptors (Lipinski definition) is 2. The van der Waals surface area contributed by atoms with Gasteiger partial charge < -0.3 is 9.53 Å². The van der Waals surface area contributed by atoms with Crippen molar-refractivity contribution in [2.45, 2.75) is 25.9 Å². The highest BCUT2D eigenvalue weighted by Crippen LogP contribution is 2.01. The number of ether oxygens (including phenoxy) is 1. The van der Waals surface area contributed by atoms with Crippen LogP contribution < -0.4 is 0 Å². The SMILES string of the molecule is C=CC[C@@H](CC=O)OCC. The van der Waals surface area contributed by atoms with Crippen LogP contribution in [0, 0.1) is 0 Å². The molecule has 0 aliphatic carbocycles. The van der Waals surface area contributed by atoms with E-state index in [0.29, 0.717) is 13.0 Å². The van der Waals surface area contributed by atoms with Crippen LogP contribution in [0.1, 0.15) is 19.8 Å². The molecule has 0 fully saturated rings. The molecule has 0 saturated heterocycles. The Morgan fingerprint density at radius 1 is 1.60 bits per heavy atom. The van der Waals surface area contributed by atoms with Gasteiger partial charge in [0.25, 0.3) is 0 Å². The maximum atomic E-state index is 10.1. The van der Waals surface area contributed by atoms with Gasteiger partial charge in [-0.3, -0.25) is 0 Å². The van der Waals surface area contributed by atoms with E-state index in [0.717, 1.165) is 12.7 Å². The summed E-state index contributed by atoms with van der Waals surface area (Å²) < 4.78 is 5.22. The lowest BCUT2D eigenvalue weighted by atomic mass is 10.2. The summed E-state index contributed by atoms with van der Waals surface area (Å²) in [5.74, 6) is 0. The summed E-state index contributed by atoms with van der Waals surface area (Å²) >= 11 is 0. The van der Waals surface area contributed by atoms with Crippen molar-refractivity contribution in [2.75, 3.05) is 6.61 Å². The summed E-state index contributed by atoms with van der Waals surface area (Å²) in [6, 6.07) is 0. The third-order valence-corrected chi connectivity index (χ3v) is 1.19. The van der Waals surface area contributed by atoms with Crippen LogP contribution in [0.4, 0.5) is 0 Å². The highest BCUT2D eigenvalue weighted by Gasteiger charge is 2.03. The predicted octanol–water partition coefficient (Wildman–Crippen LogP) is 1.56. The smallest absolute Gasteiger partial charge is 0.122 e.